The van der Waals surface area contributed by atoms with E-state index in [1.807, 2.05) is 28.9 Å². The Labute approximate surface area is 118 Å². The second kappa shape index (κ2) is 6.70. The van der Waals surface area contributed by atoms with Gasteiger partial charge in [0.2, 0.25) is 0 Å². The number of hydrogen-bond donors (Lipinski definition) is 2. The highest BCUT2D eigenvalue weighted by Gasteiger charge is 2.10. The average molecular weight is 280 g/mol. The normalized spacial score (nSPS) is 12.6. The molecule has 0 spiro atoms. The number of nitrogens with zero attached hydrogens (tertiary/aromatic N) is 2. The maximum Gasteiger partial charge on any atom is 0.0928 e. The van der Waals surface area contributed by atoms with Gasteiger partial charge in [-0.1, -0.05) is 29.8 Å². The molecule has 19 heavy (non-hydrogen) atoms. The molecule has 0 bridgehead atoms. The van der Waals surface area contributed by atoms with Crippen molar-refractivity contribution in [2.75, 3.05) is 6.54 Å². The van der Waals surface area contributed by atoms with Gasteiger partial charge in [0.15, 0.2) is 0 Å². The molecule has 1 aromatic heterocycles. The first-order valence-corrected chi connectivity index (χ1v) is 6.74. The van der Waals surface area contributed by atoms with Gasteiger partial charge < -0.3 is 10.4 Å². The van der Waals surface area contributed by atoms with Crippen LogP contribution in [0.2, 0.25) is 5.02 Å². The number of benzene rings is 1. The lowest BCUT2D eigenvalue weighted by Crippen LogP contribution is -2.22. The Bertz CT molecular complexity index is 527. The van der Waals surface area contributed by atoms with Crippen molar-refractivity contribution in [1.29, 1.82) is 0 Å². The van der Waals surface area contributed by atoms with Crippen LogP contribution in [-0.4, -0.2) is 21.4 Å². The van der Waals surface area contributed by atoms with E-state index in [0.717, 1.165) is 17.8 Å². The summed E-state index contributed by atoms with van der Waals surface area (Å²) in [6.45, 7) is 4.03. The Hall–Kier alpha value is -1.36. The Balaban J connectivity index is 1.88. The fourth-order valence-corrected chi connectivity index (χ4v) is 2.25. The van der Waals surface area contributed by atoms with Gasteiger partial charge >= 0.3 is 0 Å². The summed E-state index contributed by atoms with van der Waals surface area (Å²) in [5.41, 5.74) is 1.86. The zero-order valence-corrected chi connectivity index (χ0v) is 11.6. The summed E-state index contributed by atoms with van der Waals surface area (Å²) in [6, 6.07) is 9.32. The Morgan fingerprint density at radius 2 is 2.16 bits per heavy atom. The van der Waals surface area contributed by atoms with E-state index in [2.05, 4.69) is 17.3 Å². The Morgan fingerprint density at radius 1 is 1.37 bits per heavy atom. The van der Waals surface area contributed by atoms with E-state index in [1.165, 1.54) is 0 Å². The van der Waals surface area contributed by atoms with E-state index in [4.69, 9.17) is 11.6 Å². The third-order valence-corrected chi connectivity index (χ3v) is 3.36. The molecule has 0 fully saturated rings. The number of aliphatic hydroxyl groups excluding tert-OH is 1. The van der Waals surface area contributed by atoms with Gasteiger partial charge in [0.1, 0.15) is 0 Å². The molecule has 1 heterocycles. The van der Waals surface area contributed by atoms with Crippen molar-refractivity contribution in [2.24, 2.45) is 0 Å². The summed E-state index contributed by atoms with van der Waals surface area (Å²) in [5, 5.41) is 18.1. The number of rotatable bonds is 6. The Kier molecular flexibility index (Phi) is 4.96. The lowest BCUT2D eigenvalue weighted by Gasteiger charge is -2.14. The number of aryl methyl sites for hydroxylation is 1. The van der Waals surface area contributed by atoms with Crippen LogP contribution in [0, 0.1) is 0 Å². The topological polar surface area (TPSA) is 50.1 Å². The molecule has 1 aromatic carbocycles. The van der Waals surface area contributed by atoms with Crippen molar-refractivity contribution in [3.63, 3.8) is 0 Å². The molecular formula is C14H18ClN3O. The lowest BCUT2D eigenvalue weighted by atomic mass is 10.1. The smallest absolute Gasteiger partial charge is 0.0928 e. The van der Waals surface area contributed by atoms with Gasteiger partial charge in [-0.2, -0.15) is 5.10 Å². The van der Waals surface area contributed by atoms with Gasteiger partial charge in [-0.25, -0.2) is 0 Å². The zero-order valence-electron chi connectivity index (χ0n) is 10.9. The lowest BCUT2D eigenvalue weighted by molar-refractivity contribution is 0.174. The predicted octanol–water partition coefficient (Wildman–Crippen LogP) is 2.38. The van der Waals surface area contributed by atoms with Crippen LogP contribution in [0.1, 0.15) is 24.3 Å². The van der Waals surface area contributed by atoms with E-state index in [1.54, 1.807) is 12.3 Å². The second-order valence-corrected chi connectivity index (χ2v) is 4.71. The summed E-state index contributed by atoms with van der Waals surface area (Å²) >= 11 is 6.04. The van der Waals surface area contributed by atoms with Crippen molar-refractivity contribution in [2.45, 2.75) is 26.1 Å². The summed E-state index contributed by atoms with van der Waals surface area (Å²) < 4.78 is 1.93. The summed E-state index contributed by atoms with van der Waals surface area (Å²) in [5.74, 6) is 0. The van der Waals surface area contributed by atoms with Crippen LogP contribution in [0.25, 0.3) is 0 Å². The van der Waals surface area contributed by atoms with Gasteiger partial charge in [-0.15, -0.1) is 0 Å². The molecule has 0 saturated carbocycles. The third-order valence-electron chi connectivity index (χ3n) is 3.01. The quantitative estimate of drug-likeness (QED) is 0.854. The summed E-state index contributed by atoms with van der Waals surface area (Å²) in [4.78, 5) is 0. The molecule has 2 rings (SSSR count). The second-order valence-electron chi connectivity index (χ2n) is 4.31. The van der Waals surface area contributed by atoms with Crippen LogP contribution in [0.5, 0.6) is 0 Å². The number of nitrogens with one attached hydrogen (secondary N) is 1. The first-order chi connectivity index (χ1) is 9.22. The van der Waals surface area contributed by atoms with Crippen molar-refractivity contribution in [1.82, 2.24) is 15.1 Å². The average Bonchev–Trinajstić information content (AvgIpc) is 2.86. The minimum Gasteiger partial charge on any atom is -0.387 e. The largest absolute Gasteiger partial charge is 0.387 e. The van der Waals surface area contributed by atoms with Gasteiger partial charge in [0.25, 0.3) is 0 Å². The molecule has 0 aliphatic heterocycles. The molecule has 0 amide bonds. The van der Waals surface area contributed by atoms with E-state index in [9.17, 15) is 5.11 Å². The molecular weight excluding hydrogens is 262 g/mol. The first kappa shape index (κ1) is 14.1. The van der Waals surface area contributed by atoms with Gasteiger partial charge in [0.05, 0.1) is 11.8 Å². The molecule has 0 saturated heterocycles. The summed E-state index contributed by atoms with van der Waals surface area (Å²) in [6.07, 6.45) is 1.18. The molecule has 0 radical (unpaired) electrons. The summed E-state index contributed by atoms with van der Waals surface area (Å²) in [7, 11) is 0. The molecule has 1 unspecified atom stereocenters. The van der Waals surface area contributed by atoms with Crippen LogP contribution in [0.3, 0.4) is 0 Å². The van der Waals surface area contributed by atoms with Crippen molar-refractivity contribution in [3.8, 4) is 0 Å². The van der Waals surface area contributed by atoms with Gasteiger partial charge in [-0.05, 0) is 19.1 Å². The monoisotopic (exact) mass is 279 g/mol. The fourth-order valence-electron chi connectivity index (χ4n) is 1.99. The van der Waals surface area contributed by atoms with E-state index in [0.29, 0.717) is 18.1 Å². The molecule has 0 aliphatic carbocycles. The van der Waals surface area contributed by atoms with Crippen LogP contribution < -0.4 is 5.32 Å². The highest BCUT2D eigenvalue weighted by molar-refractivity contribution is 6.31. The standard InChI is InChI=1S/C14H18ClN3O/c1-2-18-11(7-8-17-18)9-16-10-14(19)12-5-3-4-6-13(12)15/h3-8,14,16,19H,2,9-10H2,1H3. The number of aromatic nitrogens is 2. The predicted molar refractivity (Wildman–Crippen MR) is 76.0 cm³/mol. The molecule has 2 aromatic rings. The Morgan fingerprint density at radius 3 is 2.89 bits per heavy atom. The van der Waals surface area contributed by atoms with Crippen LogP contribution in [0.4, 0.5) is 0 Å². The van der Waals surface area contributed by atoms with Crippen molar-refractivity contribution < 1.29 is 5.11 Å². The maximum atomic E-state index is 10.1. The molecule has 102 valence electrons. The highest BCUT2D eigenvalue weighted by atomic mass is 35.5. The zero-order chi connectivity index (χ0) is 13.7. The first-order valence-electron chi connectivity index (χ1n) is 6.36. The molecule has 1 atom stereocenters. The van der Waals surface area contributed by atoms with Crippen LogP contribution >= 0.6 is 11.6 Å². The van der Waals surface area contributed by atoms with Crippen LogP contribution in [0.15, 0.2) is 36.5 Å². The number of hydrogen-bond acceptors (Lipinski definition) is 3. The van der Waals surface area contributed by atoms with E-state index >= 15 is 0 Å². The minimum absolute atomic E-state index is 0.457. The maximum absolute atomic E-state index is 10.1. The van der Waals surface area contributed by atoms with E-state index in [-0.39, 0.29) is 0 Å². The van der Waals surface area contributed by atoms with Crippen LogP contribution in [-0.2, 0) is 13.1 Å². The molecule has 2 N–H and O–H groups in total. The third kappa shape index (κ3) is 3.56. The number of halogens is 1. The molecule has 4 nitrogen and oxygen atoms in total. The van der Waals surface area contributed by atoms with Gasteiger partial charge in [0, 0.05) is 36.4 Å². The van der Waals surface area contributed by atoms with Gasteiger partial charge in [-0.3, -0.25) is 4.68 Å². The van der Waals surface area contributed by atoms with E-state index < -0.39 is 6.10 Å². The fraction of sp³-hybridized carbons (Fsp3) is 0.357. The molecule has 5 heteroatoms. The molecule has 0 aliphatic rings. The SMILES string of the molecule is CCn1nccc1CNCC(O)c1ccccc1Cl. The minimum atomic E-state index is -0.605. The van der Waals surface area contributed by atoms with Crippen molar-refractivity contribution in [3.05, 3.63) is 52.8 Å². The van der Waals surface area contributed by atoms with Crippen molar-refractivity contribution >= 4 is 11.6 Å². The number of aliphatic hydroxyl groups is 1. The highest BCUT2D eigenvalue weighted by Crippen LogP contribution is 2.21.